The third-order valence-electron chi connectivity index (χ3n) is 8.93. The van der Waals surface area contributed by atoms with Gasteiger partial charge < -0.3 is 18.8 Å². The van der Waals surface area contributed by atoms with Gasteiger partial charge in [-0.25, -0.2) is 4.79 Å². The van der Waals surface area contributed by atoms with E-state index in [0.29, 0.717) is 12.2 Å². The molecule has 5 heteroatoms. The number of anilines is 1. The van der Waals surface area contributed by atoms with Gasteiger partial charge in [0.15, 0.2) is 0 Å². The maximum absolute atomic E-state index is 12.4. The molecule has 6 heterocycles. The predicted octanol–water partition coefficient (Wildman–Crippen LogP) is 8.69. The molecule has 11 rings (SSSR count). The number of hydrogen-bond donors (Lipinski definition) is 0. The Hall–Kier alpha value is -5.03. The van der Waals surface area contributed by atoms with E-state index in [1.54, 1.807) is 0 Å². The summed E-state index contributed by atoms with van der Waals surface area (Å²) in [5.74, 6) is -0.286. The number of benzene rings is 5. The van der Waals surface area contributed by atoms with Gasteiger partial charge in [-0.3, -0.25) is 0 Å². The first kappa shape index (κ1) is 25.7. The molecule has 43 heavy (non-hydrogen) atoms. The van der Waals surface area contributed by atoms with Crippen molar-refractivity contribution in [2.75, 3.05) is 11.5 Å². The van der Waals surface area contributed by atoms with Gasteiger partial charge in [0.25, 0.3) is 0 Å². The van der Waals surface area contributed by atoms with Crippen LogP contribution in [0.4, 0.5) is 5.69 Å². The lowest BCUT2D eigenvalue weighted by molar-refractivity contribution is 0.0526. The van der Waals surface area contributed by atoms with Crippen molar-refractivity contribution in [3.63, 3.8) is 0 Å². The van der Waals surface area contributed by atoms with E-state index in [9.17, 15) is 4.79 Å². The highest BCUT2D eigenvalue weighted by Crippen LogP contribution is 2.34. The zero-order valence-electron chi connectivity index (χ0n) is 24.3. The summed E-state index contributed by atoms with van der Waals surface area (Å²) in [5, 5.41) is 5.20. The largest absolute Gasteiger partial charge is 0.462 e. The number of hydrogen-bond acceptors (Lipinski definition) is 3. The molecule has 0 saturated heterocycles. The summed E-state index contributed by atoms with van der Waals surface area (Å²) < 4.78 is 10.2. The molecular weight excluding hydrogens is 530 g/mol. The molecule has 0 atom stereocenters. The lowest BCUT2D eigenvalue weighted by Crippen LogP contribution is -2.22. The summed E-state index contributed by atoms with van der Waals surface area (Å²) in [6.45, 7) is 5.59. The third kappa shape index (κ3) is 4.35. The predicted molar refractivity (Wildman–Crippen MR) is 176 cm³/mol. The van der Waals surface area contributed by atoms with Crippen LogP contribution in [0.2, 0.25) is 0 Å². The molecule has 0 N–H and O–H groups in total. The maximum atomic E-state index is 12.4. The number of carbonyl (C=O) groups is 1. The molecule has 0 amide bonds. The second-order valence-corrected chi connectivity index (χ2v) is 11.5. The molecule has 7 aromatic rings. The molecule has 5 aromatic carbocycles. The van der Waals surface area contributed by atoms with Crippen LogP contribution in [0, 0.1) is 0 Å². The second kappa shape index (κ2) is 10.4. The molecule has 0 unspecified atom stereocenters. The number of esters is 1. The highest BCUT2D eigenvalue weighted by molar-refractivity contribution is 6.09. The Balaban J connectivity index is 1.31. The Kier molecular flexibility index (Phi) is 6.18. The van der Waals surface area contributed by atoms with Crippen molar-refractivity contribution in [3.8, 4) is 0 Å². The summed E-state index contributed by atoms with van der Waals surface area (Å²) >= 11 is 0. The summed E-state index contributed by atoms with van der Waals surface area (Å²) in [5.41, 5.74) is 9.31. The Labute approximate surface area is 250 Å². The Morgan fingerprint density at radius 1 is 0.628 bits per heavy atom. The Morgan fingerprint density at radius 2 is 1.14 bits per heavy atom. The van der Waals surface area contributed by atoms with E-state index in [-0.39, 0.29) is 5.97 Å². The number of para-hydroxylation sites is 2. The third-order valence-corrected chi connectivity index (χ3v) is 8.93. The van der Waals surface area contributed by atoms with Crippen LogP contribution in [0.15, 0.2) is 109 Å². The monoisotopic (exact) mass is 563 g/mol. The van der Waals surface area contributed by atoms with Gasteiger partial charge in [-0.1, -0.05) is 48.5 Å². The minimum absolute atomic E-state index is 0.286. The van der Waals surface area contributed by atoms with Gasteiger partial charge in [0, 0.05) is 75.5 Å². The van der Waals surface area contributed by atoms with Gasteiger partial charge in [-0.05, 0) is 85.1 Å². The van der Waals surface area contributed by atoms with Crippen molar-refractivity contribution in [1.82, 2.24) is 9.13 Å². The highest BCUT2D eigenvalue weighted by atomic mass is 16.5. The van der Waals surface area contributed by atoms with Crippen LogP contribution in [0.1, 0.15) is 34.8 Å². The molecule has 0 saturated carbocycles. The highest BCUT2D eigenvalue weighted by Gasteiger charge is 2.17. The minimum atomic E-state index is -0.286. The van der Waals surface area contributed by atoms with E-state index in [1.165, 1.54) is 54.7 Å². The lowest BCUT2D eigenvalue weighted by Gasteiger charge is -2.26. The van der Waals surface area contributed by atoms with Gasteiger partial charge in [0.1, 0.15) is 0 Å². The van der Waals surface area contributed by atoms with Crippen molar-refractivity contribution in [2.24, 2.45) is 0 Å². The average molecular weight is 564 g/mol. The van der Waals surface area contributed by atoms with Gasteiger partial charge in [-0.15, -0.1) is 0 Å². The topological polar surface area (TPSA) is 39.4 Å². The van der Waals surface area contributed by atoms with Gasteiger partial charge >= 0.3 is 5.97 Å². The molecule has 0 aliphatic carbocycles. The SMILES string of the molecule is CCOC(=O)c1ccc(N2Cc3ccc4c(c3)c3ccccc3n4CCCn3c4ccccc4c4cc(ccc43)C2)cc1. The summed E-state index contributed by atoms with van der Waals surface area (Å²) in [6.07, 6.45) is 1.04. The smallest absolute Gasteiger partial charge is 0.338 e. The van der Waals surface area contributed by atoms with Crippen molar-refractivity contribution in [1.29, 1.82) is 0 Å². The molecule has 212 valence electrons. The molecule has 0 spiro atoms. The number of rotatable bonds is 3. The van der Waals surface area contributed by atoms with Gasteiger partial charge in [0.2, 0.25) is 0 Å². The molecule has 4 aliphatic rings. The second-order valence-electron chi connectivity index (χ2n) is 11.5. The zero-order valence-corrected chi connectivity index (χ0v) is 24.3. The van der Waals surface area contributed by atoms with Crippen LogP contribution >= 0.6 is 0 Å². The fourth-order valence-corrected chi connectivity index (χ4v) is 6.97. The average Bonchev–Trinajstić information content (AvgIpc) is 3.52. The van der Waals surface area contributed by atoms with E-state index < -0.39 is 0 Å². The maximum Gasteiger partial charge on any atom is 0.338 e. The van der Waals surface area contributed by atoms with Crippen LogP contribution in [-0.4, -0.2) is 21.7 Å². The van der Waals surface area contributed by atoms with Gasteiger partial charge in [0.05, 0.1) is 12.2 Å². The molecule has 8 bridgehead atoms. The van der Waals surface area contributed by atoms with E-state index in [0.717, 1.165) is 38.3 Å². The fourth-order valence-electron chi connectivity index (χ4n) is 6.97. The molecular formula is C38H33N3O2. The van der Waals surface area contributed by atoms with E-state index in [2.05, 4.69) is 99.0 Å². The molecule has 5 nitrogen and oxygen atoms in total. The molecule has 4 aliphatic heterocycles. The molecule has 0 radical (unpaired) electrons. The van der Waals surface area contributed by atoms with Crippen molar-refractivity contribution in [2.45, 2.75) is 39.5 Å². The Bertz CT molecular complexity index is 2030. The van der Waals surface area contributed by atoms with Crippen LogP contribution in [-0.2, 0) is 30.9 Å². The summed E-state index contributed by atoms with van der Waals surface area (Å²) in [7, 11) is 0. The van der Waals surface area contributed by atoms with Crippen molar-refractivity contribution < 1.29 is 9.53 Å². The normalized spacial score (nSPS) is 13.8. The Morgan fingerprint density at radius 3 is 1.67 bits per heavy atom. The minimum Gasteiger partial charge on any atom is -0.462 e. The first-order chi connectivity index (χ1) is 21.2. The van der Waals surface area contributed by atoms with Crippen LogP contribution in [0.25, 0.3) is 43.6 Å². The quantitative estimate of drug-likeness (QED) is 0.202. The lowest BCUT2D eigenvalue weighted by atomic mass is 10.1. The number of fused-ring (bicyclic) bond motifs is 2. The summed E-state index contributed by atoms with van der Waals surface area (Å²) in [6, 6.07) is 39.3. The number of nitrogens with zero attached hydrogens (tertiary/aromatic N) is 3. The number of carbonyl (C=O) groups excluding carboxylic acids is 1. The number of aromatic nitrogens is 2. The number of aryl methyl sites for hydroxylation is 2. The van der Waals surface area contributed by atoms with E-state index in [4.69, 9.17) is 4.74 Å². The van der Waals surface area contributed by atoms with Crippen LogP contribution < -0.4 is 4.90 Å². The summed E-state index contributed by atoms with van der Waals surface area (Å²) in [4.78, 5) is 14.8. The molecule has 0 fully saturated rings. The van der Waals surface area contributed by atoms with E-state index >= 15 is 0 Å². The zero-order chi connectivity index (χ0) is 28.9. The standard InChI is InChI=1S/C38H33N3O2/c1-2-43-38(42)28-14-16-29(17-15-28)39-24-26-12-18-36-32(22-26)30-8-3-5-10-34(30)40(36)20-7-21-41-35-11-6-4-9-31(35)33-23-27(25-39)13-19-37(33)41/h3-6,8-19,22-23H,2,7,20-21,24-25H2,1H3. The van der Waals surface area contributed by atoms with Crippen molar-refractivity contribution in [3.05, 3.63) is 126 Å². The van der Waals surface area contributed by atoms with Crippen LogP contribution in [0.5, 0.6) is 0 Å². The molecule has 2 aromatic heterocycles. The fraction of sp³-hybridized carbons (Fsp3) is 0.184. The first-order valence-electron chi connectivity index (χ1n) is 15.2. The first-order valence-corrected chi connectivity index (χ1v) is 15.2. The van der Waals surface area contributed by atoms with Gasteiger partial charge in [-0.2, -0.15) is 0 Å². The number of ether oxygens (including phenoxy) is 1. The van der Waals surface area contributed by atoms with Crippen molar-refractivity contribution >= 4 is 55.3 Å². The van der Waals surface area contributed by atoms with E-state index in [1.807, 2.05) is 31.2 Å². The van der Waals surface area contributed by atoms with Crippen LogP contribution in [0.3, 0.4) is 0 Å².